The number of carbonyl (C=O) groups excluding carboxylic acids is 3. The van der Waals surface area contributed by atoms with Crippen molar-refractivity contribution >= 4 is 29.4 Å². The first-order chi connectivity index (χ1) is 17.2. The molecule has 1 atom stereocenters. The highest BCUT2D eigenvalue weighted by Gasteiger charge is 2.36. The Kier molecular flexibility index (Phi) is 8.68. The van der Waals surface area contributed by atoms with Crippen molar-refractivity contribution in [1.82, 2.24) is 10.2 Å². The van der Waals surface area contributed by atoms with Crippen LogP contribution in [0.5, 0.6) is 0 Å². The second-order valence-electron chi connectivity index (χ2n) is 8.92. The van der Waals surface area contributed by atoms with Crippen molar-refractivity contribution in [1.29, 1.82) is 5.26 Å². The van der Waals surface area contributed by atoms with Crippen molar-refractivity contribution in [3.05, 3.63) is 70.9 Å². The molecule has 0 saturated heterocycles. The van der Waals surface area contributed by atoms with Gasteiger partial charge in [-0.15, -0.1) is 0 Å². The number of rotatable bonds is 8. The number of nitrogens with zero attached hydrogens (tertiary/aromatic N) is 2. The number of anilines is 2. The van der Waals surface area contributed by atoms with Crippen molar-refractivity contribution in [3.8, 4) is 6.07 Å². The molecule has 0 spiro atoms. The lowest BCUT2D eigenvalue weighted by molar-refractivity contribution is -0.140. The number of nitriles is 1. The fourth-order valence-electron chi connectivity index (χ4n) is 3.83. The molecule has 1 aliphatic heterocycles. The summed E-state index contributed by atoms with van der Waals surface area (Å²) in [6.07, 6.45) is 0.734. The van der Waals surface area contributed by atoms with Gasteiger partial charge in [0.25, 0.3) is 0 Å². The van der Waals surface area contributed by atoms with Gasteiger partial charge in [-0.2, -0.15) is 5.26 Å². The normalized spacial score (nSPS) is 15.3. The quantitative estimate of drug-likeness (QED) is 0.442. The summed E-state index contributed by atoms with van der Waals surface area (Å²) in [5.74, 6) is -0.315. The third kappa shape index (κ3) is 6.42. The number of allylic oxidation sites excluding steroid dienone is 1. The molecule has 4 amide bonds. The zero-order chi connectivity index (χ0) is 26.2. The van der Waals surface area contributed by atoms with Gasteiger partial charge in [-0.3, -0.25) is 4.90 Å². The fraction of sp³-hybridized carbons (Fsp3) is 0.333. The first-order valence-electron chi connectivity index (χ1n) is 11.9. The van der Waals surface area contributed by atoms with Crippen molar-refractivity contribution in [3.63, 3.8) is 0 Å². The molecule has 0 bridgehead atoms. The summed E-state index contributed by atoms with van der Waals surface area (Å²) in [7, 11) is 0. The van der Waals surface area contributed by atoms with Crippen LogP contribution in [0.4, 0.5) is 21.0 Å². The van der Waals surface area contributed by atoms with E-state index >= 15 is 0 Å². The van der Waals surface area contributed by atoms with E-state index in [2.05, 4.69) is 16.0 Å². The summed E-state index contributed by atoms with van der Waals surface area (Å²) in [5, 5.41) is 17.3. The summed E-state index contributed by atoms with van der Waals surface area (Å²) in [6.45, 7) is 8.36. The summed E-state index contributed by atoms with van der Waals surface area (Å²) in [4.78, 5) is 40.0. The Morgan fingerprint density at radius 1 is 1.14 bits per heavy atom. The van der Waals surface area contributed by atoms with Gasteiger partial charge in [-0.25, -0.2) is 14.4 Å². The molecule has 2 aromatic carbocycles. The molecule has 1 unspecified atom stereocenters. The van der Waals surface area contributed by atoms with E-state index in [1.54, 1.807) is 60.4 Å². The van der Waals surface area contributed by atoms with Crippen molar-refractivity contribution in [2.24, 2.45) is 5.92 Å². The van der Waals surface area contributed by atoms with Gasteiger partial charge in [0.2, 0.25) is 0 Å². The number of ether oxygens (including phenoxy) is 1. The van der Waals surface area contributed by atoms with E-state index in [1.165, 1.54) is 0 Å². The fourth-order valence-corrected chi connectivity index (χ4v) is 3.83. The van der Waals surface area contributed by atoms with Gasteiger partial charge in [0, 0.05) is 23.6 Å². The highest BCUT2D eigenvalue weighted by atomic mass is 16.5. The third-order valence-electron chi connectivity index (χ3n) is 5.56. The van der Waals surface area contributed by atoms with Gasteiger partial charge < -0.3 is 20.7 Å². The maximum atomic E-state index is 13.1. The monoisotopic (exact) mass is 489 g/mol. The molecule has 3 N–H and O–H groups in total. The number of esters is 1. The Balaban J connectivity index is 1.85. The molecular weight excluding hydrogens is 458 g/mol. The summed E-state index contributed by atoms with van der Waals surface area (Å²) >= 11 is 0. The van der Waals surface area contributed by atoms with Crippen LogP contribution in [-0.2, 0) is 9.53 Å². The zero-order valence-corrected chi connectivity index (χ0v) is 20.9. The van der Waals surface area contributed by atoms with Crippen LogP contribution in [0.25, 0.3) is 0 Å². The predicted molar refractivity (Wildman–Crippen MR) is 137 cm³/mol. The van der Waals surface area contributed by atoms with Crippen LogP contribution in [0.2, 0.25) is 0 Å². The average Bonchev–Trinajstić information content (AvgIpc) is 2.85. The van der Waals surface area contributed by atoms with Crippen LogP contribution in [0.15, 0.2) is 59.8 Å². The SMILES string of the molecule is CCCN1C(=O)NC(c2cccc(NC(=O)Nc3ccc(C#N)cc3)c2)C(C(=O)OCC(C)C)=C1C. The van der Waals surface area contributed by atoms with Crippen LogP contribution in [0.3, 0.4) is 0 Å². The largest absolute Gasteiger partial charge is 0.462 e. The van der Waals surface area contributed by atoms with Crippen molar-refractivity contribution < 1.29 is 19.1 Å². The molecule has 1 heterocycles. The van der Waals surface area contributed by atoms with Gasteiger partial charge >= 0.3 is 18.0 Å². The van der Waals surface area contributed by atoms with E-state index in [4.69, 9.17) is 10.00 Å². The van der Waals surface area contributed by atoms with Crippen LogP contribution in [-0.4, -0.2) is 36.1 Å². The minimum atomic E-state index is -0.728. The first-order valence-corrected chi connectivity index (χ1v) is 11.9. The molecule has 0 fully saturated rings. The molecule has 0 saturated carbocycles. The number of hydrogen-bond acceptors (Lipinski definition) is 5. The van der Waals surface area contributed by atoms with E-state index in [-0.39, 0.29) is 18.6 Å². The van der Waals surface area contributed by atoms with Crippen LogP contribution >= 0.6 is 0 Å². The number of carbonyl (C=O) groups is 3. The lowest BCUT2D eigenvalue weighted by atomic mass is 9.94. The minimum absolute atomic E-state index is 0.167. The lowest BCUT2D eigenvalue weighted by Crippen LogP contribution is -2.48. The Morgan fingerprint density at radius 2 is 1.83 bits per heavy atom. The van der Waals surface area contributed by atoms with Gasteiger partial charge in [-0.05, 0) is 61.2 Å². The molecule has 188 valence electrons. The van der Waals surface area contributed by atoms with Crippen LogP contribution < -0.4 is 16.0 Å². The molecule has 2 aromatic rings. The average molecular weight is 490 g/mol. The molecule has 9 nitrogen and oxygen atoms in total. The second-order valence-corrected chi connectivity index (χ2v) is 8.92. The topological polar surface area (TPSA) is 124 Å². The Morgan fingerprint density at radius 3 is 2.47 bits per heavy atom. The standard InChI is InChI=1S/C27H31N5O4/c1-5-13-32-18(4)23(25(33)36-16-17(2)3)24(31-27(32)35)20-7-6-8-22(14-20)30-26(34)29-21-11-9-19(15-28)10-12-21/h6-12,14,17,24H,5,13,16H2,1-4H3,(H,31,35)(H2,29,30,34). The zero-order valence-electron chi connectivity index (χ0n) is 20.9. The number of nitrogens with one attached hydrogen (secondary N) is 3. The van der Waals surface area contributed by atoms with Gasteiger partial charge in [-0.1, -0.05) is 32.9 Å². The van der Waals surface area contributed by atoms with Crippen LogP contribution in [0, 0.1) is 17.2 Å². The summed E-state index contributed by atoms with van der Waals surface area (Å²) in [6, 6.07) is 14.0. The van der Waals surface area contributed by atoms with E-state index in [0.29, 0.717) is 40.3 Å². The van der Waals surface area contributed by atoms with Gasteiger partial charge in [0.05, 0.1) is 29.9 Å². The number of amides is 4. The lowest BCUT2D eigenvalue weighted by Gasteiger charge is -2.35. The number of urea groups is 2. The van der Waals surface area contributed by atoms with Crippen molar-refractivity contribution in [2.75, 3.05) is 23.8 Å². The van der Waals surface area contributed by atoms with E-state index in [0.717, 1.165) is 6.42 Å². The molecule has 36 heavy (non-hydrogen) atoms. The molecule has 0 aliphatic carbocycles. The minimum Gasteiger partial charge on any atom is -0.462 e. The summed E-state index contributed by atoms with van der Waals surface area (Å²) in [5.41, 5.74) is 3.06. The molecular formula is C27H31N5O4. The second kappa shape index (κ2) is 11.9. The molecule has 9 heteroatoms. The molecule has 0 aromatic heterocycles. The van der Waals surface area contributed by atoms with Crippen LogP contribution in [0.1, 0.15) is 51.3 Å². The summed E-state index contributed by atoms with van der Waals surface area (Å²) < 4.78 is 5.53. The smallest absolute Gasteiger partial charge is 0.338 e. The van der Waals surface area contributed by atoms with E-state index < -0.39 is 18.0 Å². The van der Waals surface area contributed by atoms with E-state index in [1.807, 2.05) is 26.8 Å². The first kappa shape index (κ1) is 26.3. The Labute approximate surface area is 211 Å². The Bertz CT molecular complexity index is 1200. The molecule has 0 radical (unpaired) electrons. The van der Waals surface area contributed by atoms with E-state index in [9.17, 15) is 14.4 Å². The number of benzene rings is 2. The maximum Gasteiger partial charge on any atom is 0.338 e. The third-order valence-corrected chi connectivity index (χ3v) is 5.56. The number of hydrogen-bond donors (Lipinski definition) is 3. The maximum absolute atomic E-state index is 13.1. The predicted octanol–water partition coefficient (Wildman–Crippen LogP) is 5.15. The molecule has 1 aliphatic rings. The van der Waals surface area contributed by atoms with Gasteiger partial charge in [0.1, 0.15) is 0 Å². The molecule has 3 rings (SSSR count). The Hall–Kier alpha value is -4.32. The van der Waals surface area contributed by atoms with Crippen molar-refractivity contribution in [2.45, 2.75) is 40.2 Å². The highest BCUT2D eigenvalue weighted by molar-refractivity contribution is 6.00. The highest BCUT2D eigenvalue weighted by Crippen LogP contribution is 2.32. The van der Waals surface area contributed by atoms with Gasteiger partial charge in [0.15, 0.2) is 0 Å².